The summed E-state index contributed by atoms with van der Waals surface area (Å²) in [5.74, 6) is -0.978. The van der Waals surface area contributed by atoms with Gasteiger partial charge >= 0.3 is 0 Å². The maximum absolute atomic E-state index is 11.9. The van der Waals surface area contributed by atoms with Gasteiger partial charge in [0.25, 0.3) is 0 Å². The van der Waals surface area contributed by atoms with Crippen LogP contribution in [0.4, 0.5) is 5.69 Å². The highest BCUT2D eigenvalue weighted by molar-refractivity contribution is 7.95. The van der Waals surface area contributed by atoms with Gasteiger partial charge in [0.05, 0.1) is 17.2 Å². The molecule has 0 aliphatic carbocycles. The number of rotatable bonds is 5. The third kappa shape index (κ3) is 4.19. The molecule has 0 atom stereocenters. The first-order valence-corrected chi connectivity index (χ1v) is 8.72. The summed E-state index contributed by atoms with van der Waals surface area (Å²) >= 11 is 0. The van der Waals surface area contributed by atoms with Gasteiger partial charge < -0.3 is 5.11 Å². The van der Waals surface area contributed by atoms with Gasteiger partial charge in [-0.1, -0.05) is 6.07 Å². The van der Waals surface area contributed by atoms with Crippen molar-refractivity contribution in [1.29, 1.82) is 0 Å². The van der Waals surface area contributed by atoms with Crippen molar-refractivity contribution in [2.24, 2.45) is 0 Å². The van der Waals surface area contributed by atoms with Gasteiger partial charge in [-0.3, -0.25) is 4.31 Å². The van der Waals surface area contributed by atoms with E-state index in [1.54, 1.807) is 0 Å². The number of aromatic hydroxyl groups is 1. The molecule has 1 N–H and O–H groups in total. The third-order valence-electron chi connectivity index (χ3n) is 2.32. The Bertz CT molecular complexity index is 621. The number of phenolic OH excluding ortho intramolecular Hbond substituents is 1. The van der Waals surface area contributed by atoms with E-state index >= 15 is 0 Å². The Hall–Kier alpha value is -1.28. The van der Waals surface area contributed by atoms with Crippen LogP contribution in [0, 0.1) is 0 Å². The van der Waals surface area contributed by atoms with E-state index in [0.717, 1.165) is 10.6 Å². The van der Waals surface area contributed by atoms with Crippen molar-refractivity contribution >= 4 is 25.5 Å². The van der Waals surface area contributed by atoms with Gasteiger partial charge in [0.15, 0.2) is 0 Å². The molecule has 0 spiro atoms. The molecule has 0 heterocycles. The first kappa shape index (κ1) is 14.8. The smallest absolute Gasteiger partial charge is 0.235 e. The fourth-order valence-corrected chi connectivity index (χ4v) is 4.01. The molecular weight excluding hydrogens is 278 g/mol. The fraction of sp³-hybridized carbons (Fsp3) is 0.400. The number of hydrogen-bond acceptors (Lipinski definition) is 5. The van der Waals surface area contributed by atoms with E-state index < -0.39 is 31.4 Å². The van der Waals surface area contributed by atoms with Gasteiger partial charge in [0.1, 0.15) is 15.6 Å². The average Bonchev–Trinajstić information content (AvgIpc) is 2.25. The van der Waals surface area contributed by atoms with Crippen LogP contribution < -0.4 is 4.31 Å². The van der Waals surface area contributed by atoms with E-state index in [0.29, 0.717) is 0 Å². The zero-order valence-electron chi connectivity index (χ0n) is 10.1. The van der Waals surface area contributed by atoms with Gasteiger partial charge in [-0.25, -0.2) is 16.8 Å². The number of anilines is 1. The lowest BCUT2D eigenvalue weighted by atomic mass is 10.3. The Morgan fingerprint density at radius 2 is 1.78 bits per heavy atom. The van der Waals surface area contributed by atoms with Gasteiger partial charge in [-0.15, -0.1) is 0 Å². The Labute approximate surface area is 107 Å². The zero-order valence-corrected chi connectivity index (χ0v) is 11.7. The lowest BCUT2D eigenvalue weighted by Crippen LogP contribution is -2.31. The van der Waals surface area contributed by atoms with Gasteiger partial charge in [0.2, 0.25) is 10.0 Å². The van der Waals surface area contributed by atoms with Crippen LogP contribution >= 0.6 is 0 Å². The van der Waals surface area contributed by atoms with Crippen LogP contribution in [-0.2, 0) is 19.9 Å². The van der Waals surface area contributed by atoms with Crippen LogP contribution in [0.5, 0.6) is 5.75 Å². The molecular formula is C10H15NO5S2. The van der Waals surface area contributed by atoms with Crippen LogP contribution in [-0.4, -0.2) is 46.8 Å². The summed E-state index contributed by atoms with van der Waals surface area (Å²) in [6.45, 7) is 0. The summed E-state index contributed by atoms with van der Waals surface area (Å²) in [4.78, 5) is 0. The Kier molecular flexibility index (Phi) is 4.23. The molecule has 0 radical (unpaired) electrons. The molecule has 1 rings (SSSR count). The summed E-state index contributed by atoms with van der Waals surface area (Å²) in [5.41, 5.74) is 0.281. The van der Waals surface area contributed by atoms with Crippen LogP contribution in [0.15, 0.2) is 24.3 Å². The van der Waals surface area contributed by atoms with E-state index in [4.69, 9.17) is 0 Å². The van der Waals surface area contributed by atoms with Crippen LogP contribution in [0.2, 0.25) is 0 Å². The summed E-state index contributed by atoms with van der Waals surface area (Å²) in [7, 11) is -5.74. The number of sulfonamides is 1. The van der Waals surface area contributed by atoms with Gasteiger partial charge in [-0.05, 0) is 12.1 Å². The Balaban J connectivity index is 2.92. The van der Waals surface area contributed by atoms with Gasteiger partial charge in [-0.2, -0.15) is 0 Å². The first-order chi connectivity index (χ1) is 8.12. The second kappa shape index (κ2) is 5.15. The molecule has 0 fully saturated rings. The molecule has 18 heavy (non-hydrogen) atoms. The van der Waals surface area contributed by atoms with Crippen LogP contribution in [0.1, 0.15) is 0 Å². The topological polar surface area (TPSA) is 91.8 Å². The quantitative estimate of drug-likeness (QED) is 0.837. The summed E-state index contributed by atoms with van der Waals surface area (Å²) in [5, 5.41) is 9.27. The molecule has 0 unspecified atom stereocenters. The predicted molar refractivity (Wildman–Crippen MR) is 70.0 cm³/mol. The van der Waals surface area contributed by atoms with Crippen molar-refractivity contribution in [3.8, 4) is 5.75 Å². The molecule has 0 aromatic heterocycles. The van der Waals surface area contributed by atoms with E-state index in [-0.39, 0.29) is 11.4 Å². The van der Waals surface area contributed by atoms with Crippen LogP contribution in [0.25, 0.3) is 0 Å². The Morgan fingerprint density at radius 3 is 2.28 bits per heavy atom. The molecule has 6 nitrogen and oxygen atoms in total. The zero-order chi connectivity index (χ0) is 14.0. The molecule has 0 aliphatic rings. The molecule has 0 bridgehead atoms. The molecule has 0 amide bonds. The number of sulfone groups is 1. The SMILES string of the molecule is CN(c1cccc(O)c1)S(=O)(=O)CCS(C)(=O)=O. The molecule has 102 valence electrons. The maximum Gasteiger partial charge on any atom is 0.235 e. The van der Waals surface area contributed by atoms with Crippen molar-refractivity contribution in [1.82, 2.24) is 0 Å². The van der Waals surface area contributed by atoms with E-state index in [1.165, 1.54) is 31.3 Å². The first-order valence-electron chi connectivity index (χ1n) is 5.05. The minimum Gasteiger partial charge on any atom is -0.508 e. The molecule has 0 saturated heterocycles. The van der Waals surface area contributed by atoms with Crippen LogP contribution in [0.3, 0.4) is 0 Å². The minimum atomic E-state index is -3.72. The lowest BCUT2D eigenvalue weighted by Gasteiger charge is -2.19. The van der Waals surface area contributed by atoms with Gasteiger partial charge in [0, 0.05) is 19.4 Å². The normalized spacial score (nSPS) is 12.3. The second-order valence-electron chi connectivity index (χ2n) is 3.93. The highest BCUT2D eigenvalue weighted by Gasteiger charge is 2.20. The molecule has 8 heteroatoms. The van der Waals surface area contributed by atoms with E-state index in [1.807, 2.05) is 0 Å². The second-order valence-corrected chi connectivity index (χ2v) is 8.31. The summed E-state index contributed by atoms with van der Waals surface area (Å²) in [6, 6.07) is 5.73. The number of nitrogens with zero attached hydrogens (tertiary/aromatic N) is 1. The molecule has 1 aromatic carbocycles. The highest BCUT2D eigenvalue weighted by atomic mass is 32.2. The van der Waals surface area contributed by atoms with Crippen molar-refractivity contribution in [3.63, 3.8) is 0 Å². The largest absolute Gasteiger partial charge is 0.508 e. The van der Waals surface area contributed by atoms with E-state index in [9.17, 15) is 21.9 Å². The third-order valence-corrected chi connectivity index (χ3v) is 5.29. The maximum atomic E-state index is 11.9. The number of phenols is 1. The van der Waals surface area contributed by atoms with Crippen molar-refractivity contribution in [2.45, 2.75) is 0 Å². The molecule has 0 saturated carbocycles. The number of hydrogen-bond donors (Lipinski definition) is 1. The fourth-order valence-electron chi connectivity index (χ4n) is 1.24. The van der Waals surface area contributed by atoms with E-state index in [2.05, 4.69) is 0 Å². The predicted octanol–water partition coefficient (Wildman–Crippen LogP) is 0.203. The molecule has 1 aromatic rings. The highest BCUT2D eigenvalue weighted by Crippen LogP contribution is 2.21. The average molecular weight is 293 g/mol. The summed E-state index contributed by atoms with van der Waals surface area (Å²) < 4.78 is 46.6. The molecule has 0 aliphatic heterocycles. The minimum absolute atomic E-state index is 0.0577. The monoisotopic (exact) mass is 293 g/mol. The Morgan fingerprint density at radius 1 is 1.17 bits per heavy atom. The van der Waals surface area contributed by atoms with Crippen molar-refractivity contribution in [2.75, 3.05) is 29.1 Å². The standard InChI is InChI=1S/C10H15NO5S2/c1-11(9-4-3-5-10(12)8-9)18(15,16)7-6-17(2,13)14/h3-5,8,12H,6-7H2,1-2H3. The van der Waals surface area contributed by atoms with Crippen molar-refractivity contribution in [3.05, 3.63) is 24.3 Å². The summed E-state index contributed by atoms with van der Waals surface area (Å²) in [6.07, 6.45) is 0.983. The number of benzene rings is 1. The van der Waals surface area contributed by atoms with Crippen molar-refractivity contribution < 1.29 is 21.9 Å². The lowest BCUT2D eigenvalue weighted by molar-refractivity contribution is 0.475.